The molecule has 0 radical (unpaired) electrons. The summed E-state index contributed by atoms with van der Waals surface area (Å²) in [4.78, 5) is 11.7. The molecule has 1 saturated heterocycles. The average Bonchev–Trinajstić information content (AvgIpc) is 2.77. The van der Waals surface area contributed by atoms with E-state index in [1.54, 1.807) is 18.2 Å². The zero-order valence-electron chi connectivity index (χ0n) is 9.92. The Kier molecular flexibility index (Phi) is 4.87. The number of ether oxygens (including phenoxy) is 1. The van der Waals surface area contributed by atoms with Crippen LogP contribution in [0.1, 0.15) is 25.7 Å². The lowest BCUT2D eigenvalue weighted by atomic mass is 10.1. The van der Waals surface area contributed by atoms with Crippen LogP contribution < -0.4 is 5.32 Å². The minimum absolute atomic E-state index is 0.0381. The molecule has 3 nitrogen and oxygen atoms in total. The number of anilines is 1. The first-order valence-electron chi connectivity index (χ1n) is 6.01. The Bertz CT molecular complexity index is 411. The quantitative estimate of drug-likeness (QED) is 0.912. The summed E-state index contributed by atoms with van der Waals surface area (Å²) >= 11 is 11.7. The Labute approximate surface area is 116 Å². The van der Waals surface area contributed by atoms with Gasteiger partial charge in [0.05, 0.1) is 6.10 Å². The van der Waals surface area contributed by atoms with Crippen LogP contribution in [-0.2, 0) is 9.53 Å². The Balaban J connectivity index is 1.82. The number of nitrogens with one attached hydrogen (secondary N) is 1. The van der Waals surface area contributed by atoms with Gasteiger partial charge < -0.3 is 10.1 Å². The smallest absolute Gasteiger partial charge is 0.224 e. The van der Waals surface area contributed by atoms with Crippen molar-refractivity contribution in [2.75, 3.05) is 11.9 Å². The molecule has 18 heavy (non-hydrogen) atoms. The number of hydrogen-bond donors (Lipinski definition) is 1. The van der Waals surface area contributed by atoms with Gasteiger partial charge in [0.2, 0.25) is 5.91 Å². The van der Waals surface area contributed by atoms with E-state index in [0.29, 0.717) is 22.2 Å². The van der Waals surface area contributed by atoms with Crippen molar-refractivity contribution in [3.63, 3.8) is 0 Å². The molecule has 2 rings (SSSR count). The molecule has 0 spiro atoms. The molecule has 1 atom stereocenters. The predicted molar refractivity (Wildman–Crippen MR) is 73.3 cm³/mol. The molecule has 0 bridgehead atoms. The van der Waals surface area contributed by atoms with Gasteiger partial charge in [0.1, 0.15) is 0 Å². The monoisotopic (exact) mass is 287 g/mol. The number of carbonyl (C=O) groups is 1. The SMILES string of the molecule is O=C(CC[C@H]1CCCO1)Nc1cc(Cl)cc(Cl)c1. The Morgan fingerprint density at radius 3 is 2.67 bits per heavy atom. The van der Waals surface area contributed by atoms with Crippen LogP contribution in [0.15, 0.2) is 18.2 Å². The van der Waals surface area contributed by atoms with Crippen molar-refractivity contribution >= 4 is 34.8 Å². The van der Waals surface area contributed by atoms with Crippen LogP contribution in [0.2, 0.25) is 10.0 Å². The third-order valence-electron chi connectivity index (χ3n) is 2.86. The van der Waals surface area contributed by atoms with Gasteiger partial charge in [-0.3, -0.25) is 4.79 Å². The largest absolute Gasteiger partial charge is 0.378 e. The van der Waals surface area contributed by atoms with Crippen molar-refractivity contribution in [3.05, 3.63) is 28.2 Å². The van der Waals surface area contributed by atoms with Crippen molar-refractivity contribution in [3.8, 4) is 0 Å². The first kappa shape index (κ1) is 13.7. The maximum absolute atomic E-state index is 11.7. The van der Waals surface area contributed by atoms with Crippen molar-refractivity contribution in [2.24, 2.45) is 0 Å². The summed E-state index contributed by atoms with van der Waals surface area (Å²) in [7, 11) is 0. The van der Waals surface area contributed by atoms with E-state index in [1.807, 2.05) is 0 Å². The highest BCUT2D eigenvalue weighted by atomic mass is 35.5. The molecule has 98 valence electrons. The third kappa shape index (κ3) is 4.16. The normalized spacial score (nSPS) is 18.9. The van der Waals surface area contributed by atoms with Gasteiger partial charge >= 0.3 is 0 Å². The lowest BCUT2D eigenvalue weighted by Crippen LogP contribution is -2.15. The number of amides is 1. The highest BCUT2D eigenvalue weighted by Crippen LogP contribution is 2.23. The topological polar surface area (TPSA) is 38.3 Å². The summed E-state index contributed by atoms with van der Waals surface area (Å²) < 4.78 is 5.47. The summed E-state index contributed by atoms with van der Waals surface area (Å²) in [5.74, 6) is -0.0381. The predicted octanol–water partition coefficient (Wildman–Crippen LogP) is 3.89. The lowest BCUT2D eigenvalue weighted by molar-refractivity contribution is -0.116. The van der Waals surface area contributed by atoms with Crippen LogP contribution in [0.5, 0.6) is 0 Å². The average molecular weight is 288 g/mol. The summed E-state index contributed by atoms with van der Waals surface area (Å²) in [6, 6.07) is 4.99. The van der Waals surface area contributed by atoms with Crippen LogP contribution in [0.4, 0.5) is 5.69 Å². The maximum Gasteiger partial charge on any atom is 0.224 e. The summed E-state index contributed by atoms with van der Waals surface area (Å²) in [6.45, 7) is 0.816. The number of benzene rings is 1. The number of rotatable bonds is 4. The minimum atomic E-state index is -0.0381. The summed E-state index contributed by atoms with van der Waals surface area (Å²) in [5, 5.41) is 3.81. The van der Waals surface area contributed by atoms with Crippen LogP contribution in [0.3, 0.4) is 0 Å². The van der Waals surface area contributed by atoms with Crippen LogP contribution >= 0.6 is 23.2 Å². The van der Waals surface area contributed by atoms with Gasteiger partial charge in [-0.05, 0) is 37.5 Å². The minimum Gasteiger partial charge on any atom is -0.378 e. The molecule has 0 saturated carbocycles. The fraction of sp³-hybridized carbons (Fsp3) is 0.462. The molecule has 1 amide bonds. The highest BCUT2D eigenvalue weighted by molar-refractivity contribution is 6.35. The van der Waals surface area contributed by atoms with E-state index < -0.39 is 0 Å². The Hall–Kier alpha value is -0.770. The van der Waals surface area contributed by atoms with Gasteiger partial charge in [0.25, 0.3) is 0 Å². The number of halogens is 2. The van der Waals surface area contributed by atoms with Gasteiger partial charge in [-0.2, -0.15) is 0 Å². The van der Waals surface area contributed by atoms with E-state index in [4.69, 9.17) is 27.9 Å². The van der Waals surface area contributed by atoms with Gasteiger partial charge in [-0.25, -0.2) is 0 Å². The zero-order valence-corrected chi connectivity index (χ0v) is 11.4. The van der Waals surface area contributed by atoms with E-state index in [9.17, 15) is 4.79 Å². The van der Waals surface area contributed by atoms with E-state index >= 15 is 0 Å². The van der Waals surface area contributed by atoms with Crippen LogP contribution in [0, 0.1) is 0 Å². The number of carbonyl (C=O) groups excluding carboxylic acids is 1. The molecule has 1 aliphatic rings. The summed E-state index contributed by atoms with van der Waals surface area (Å²) in [6.07, 6.45) is 3.60. The van der Waals surface area contributed by atoms with Crippen molar-refractivity contribution < 1.29 is 9.53 Å². The van der Waals surface area contributed by atoms with Crippen LogP contribution in [-0.4, -0.2) is 18.6 Å². The lowest BCUT2D eigenvalue weighted by Gasteiger charge is -2.09. The molecule has 5 heteroatoms. The maximum atomic E-state index is 11.7. The molecule has 0 aliphatic carbocycles. The molecular formula is C13H15Cl2NO2. The molecule has 1 aliphatic heterocycles. The van der Waals surface area contributed by atoms with E-state index in [0.717, 1.165) is 25.9 Å². The van der Waals surface area contributed by atoms with E-state index in [2.05, 4.69) is 5.32 Å². The Morgan fingerprint density at radius 1 is 1.33 bits per heavy atom. The second kappa shape index (κ2) is 6.41. The third-order valence-corrected chi connectivity index (χ3v) is 3.30. The second-order valence-corrected chi connectivity index (χ2v) is 5.25. The van der Waals surface area contributed by atoms with Crippen molar-refractivity contribution in [1.82, 2.24) is 0 Å². The van der Waals surface area contributed by atoms with Gasteiger partial charge in [0, 0.05) is 28.8 Å². The van der Waals surface area contributed by atoms with E-state index in [1.165, 1.54) is 0 Å². The molecule has 1 N–H and O–H groups in total. The second-order valence-electron chi connectivity index (χ2n) is 4.38. The van der Waals surface area contributed by atoms with Crippen molar-refractivity contribution in [2.45, 2.75) is 31.8 Å². The van der Waals surface area contributed by atoms with Gasteiger partial charge in [-0.1, -0.05) is 23.2 Å². The van der Waals surface area contributed by atoms with Gasteiger partial charge in [-0.15, -0.1) is 0 Å². The first-order chi connectivity index (χ1) is 8.63. The molecule has 1 heterocycles. The number of hydrogen-bond acceptors (Lipinski definition) is 2. The standard InChI is InChI=1S/C13H15Cl2NO2/c14-9-6-10(15)8-11(7-9)16-13(17)4-3-12-2-1-5-18-12/h6-8,12H,1-5H2,(H,16,17)/t12-/m1/s1. The summed E-state index contributed by atoms with van der Waals surface area (Å²) in [5.41, 5.74) is 0.629. The fourth-order valence-electron chi connectivity index (χ4n) is 2.01. The molecular weight excluding hydrogens is 273 g/mol. The zero-order chi connectivity index (χ0) is 13.0. The van der Waals surface area contributed by atoms with Gasteiger partial charge in [0.15, 0.2) is 0 Å². The highest BCUT2D eigenvalue weighted by Gasteiger charge is 2.16. The fourth-order valence-corrected chi connectivity index (χ4v) is 2.54. The first-order valence-corrected chi connectivity index (χ1v) is 6.76. The van der Waals surface area contributed by atoms with Crippen molar-refractivity contribution in [1.29, 1.82) is 0 Å². The van der Waals surface area contributed by atoms with Crippen LogP contribution in [0.25, 0.3) is 0 Å². The molecule has 1 fully saturated rings. The molecule has 0 unspecified atom stereocenters. The van der Waals surface area contributed by atoms with E-state index in [-0.39, 0.29) is 12.0 Å². The molecule has 1 aromatic carbocycles. The molecule has 1 aromatic rings. The Morgan fingerprint density at radius 2 is 2.06 bits per heavy atom. The molecule has 0 aromatic heterocycles.